The van der Waals surface area contributed by atoms with Crippen molar-refractivity contribution in [3.8, 4) is 5.75 Å². The van der Waals surface area contributed by atoms with Crippen LogP contribution in [-0.2, 0) is 6.54 Å². The zero-order chi connectivity index (χ0) is 17.2. The number of benzene rings is 2. The third kappa shape index (κ3) is 5.97. The molecule has 0 heterocycles. The molecule has 0 bridgehead atoms. The summed E-state index contributed by atoms with van der Waals surface area (Å²) in [7, 11) is 0. The Bertz CT molecular complexity index is 597. The first-order valence-electron chi connectivity index (χ1n) is 8.90. The number of hydrogen-bond donors (Lipinski definition) is 1. The zero-order valence-corrected chi connectivity index (χ0v) is 14.7. The van der Waals surface area contributed by atoms with E-state index in [-0.39, 0.29) is 11.9 Å². The zero-order valence-electron chi connectivity index (χ0n) is 14.7. The van der Waals surface area contributed by atoms with E-state index in [1.807, 2.05) is 30.3 Å². The lowest BCUT2D eigenvalue weighted by molar-refractivity contribution is 0.299. The average molecular weight is 329 g/mol. The van der Waals surface area contributed by atoms with Crippen molar-refractivity contribution in [1.82, 2.24) is 5.32 Å². The molecule has 0 fully saturated rings. The summed E-state index contributed by atoms with van der Waals surface area (Å²) >= 11 is 0. The van der Waals surface area contributed by atoms with Crippen molar-refractivity contribution < 1.29 is 9.13 Å². The molecule has 1 unspecified atom stereocenters. The summed E-state index contributed by atoms with van der Waals surface area (Å²) in [5.41, 5.74) is 2.23. The summed E-state index contributed by atoms with van der Waals surface area (Å²) in [6, 6.07) is 15.0. The minimum absolute atomic E-state index is 0.168. The summed E-state index contributed by atoms with van der Waals surface area (Å²) in [6.45, 7) is 5.81. The van der Waals surface area contributed by atoms with E-state index in [1.54, 1.807) is 0 Å². The van der Waals surface area contributed by atoms with Gasteiger partial charge in [-0.05, 0) is 37.1 Å². The molecular weight excluding hydrogens is 301 g/mol. The lowest BCUT2D eigenvalue weighted by atomic mass is 10.1. The van der Waals surface area contributed by atoms with E-state index in [0.717, 1.165) is 29.9 Å². The Morgan fingerprint density at radius 1 is 1.00 bits per heavy atom. The molecule has 130 valence electrons. The highest BCUT2D eigenvalue weighted by molar-refractivity contribution is 5.35. The fourth-order valence-electron chi connectivity index (χ4n) is 2.66. The van der Waals surface area contributed by atoms with E-state index in [9.17, 15) is 4.39 Å². The summed E-state index contributed by atoms with van der Waals surface area (Å²) in [4.78, 5) is 0. The van der Waals surface area contributed by atoms with Crippen LogP contribution in [0.25, 0.3) is 0 Å². The van der Waals surface area contributed by atoms with Gasteiger partial charge in [0, 0.05) is 18.2 Å². The predicted molar refractivity (Wildman–Crippen MR) is 97.7 cm³/mol. The molecule has 0 aromatic heterocycles. The predicted octanol–water partition coefficient (Wildman–Crippen LogP) is 5.64. The second-order valence-corrected chi connectivity index (χ2v) is 6.18. The van der Waals surface area contributed by atoms with Crippen LogP contribution in [-0.4, -0.2) is 6.61 Å². The van der Waals surface area contributed by atoms with E-state index in [4.69, 9.17) is 4.74 Å². The molecular formula is C21H28FNO. The van der Waals surface area contributed by atoms with Crippen molar-refractivity contribution in [2.45, 2.75) is 52.1 Å². The van der Waals surface area contributed by atoms with Gasteiger partial charge in [0.05, 0.1) is 6.61 Å². The normalized spacial score (nSPS) is 12.1. The van der Waals surface area contributed by atoms with Gasteiger partial charge in [0.1, 0.15) is 11.6 Å². The van der Waals surface area contributed by atoms with Crippen molar-refractivity contribution in [2.75, 3.05) is 6.61 Å². The first kappa shape index (κ1) is 18.5. The topological polar surface area (TPSA) is 21.3 Å². The van der Waals surface area contributed by atoms with Crippen LogP contribution in [0.3, 0.4) is 0 Å². The Balaban J connectivity index is 1.88. The van der Waals surface area contributed by atoms with Crippen LogP contribution < -0.4 is 10.1 Å². The first-order valence-corrected chi connectivity index (χ1v) is 8.90. The molecule has 2 aromatic carbocycles. The molecule has 0 aliphatic carbocycles. The number of ether oxygens (including phenoxy) is 1. The number of unbranched alkanes of at least 4 members (excludes halogenated alkanes) is 3. The van der Waals surface area contributed by atoms with Crippen LogP contribution in [0, 0.1) is 5.82 Å². The highest BCUT2D eigenvalue weighted by atomic mass is 19.1. The van der Waals surface area contributed by atoms with Crippen LogP contribution in [0.5, 0.6) is 5.75 Å². The van der Waals surface area contributed by atoms with Gasteiger partial charge in [-0.15, -0.1) is 0 Å². The third-order valence-electron chi connectivity index (χ3n) is 4.17. The number of rotatable bonds is 10. The van der Waals surface area contributed by atoms with Crippen LogP contribution in [0.4, 0.5) is 4.39 Å². The highest BCUT2D eigenvalue weighted by Crippen LogP contribution is 2.25. The van der Waals surface area contributed by atoms with Gasteiger partial charge in [-0.3, -0.25) is 0 Å². The number of hydrogen-bond acceptors (Lipinski definition) is 2. The maximum Gasteiger partial charge on any atom is 0.124 e. The third-order valence-corrected chi connectivity index (χ3v) is 4.17. The molecule has 2 nitrogen and oxygen atoms in total. The summed E-state index contributed by atoms with van der Waals surface area (Å²) in [5, 5.41) is 3.48. The molecule has 2 rings (SSSR count). The second kappa shape index (κ2) is 10.1. The monoisotopic (exact) mass is 329 g/mol. The molecule has 24 heavy (non-hydrogen) atoms. The van der Waals surface area contributed by atoms with Gasteiger partial charge < -0.3 is 10.1 Å². The van der Waals surface area contributed by atoms with E-state index in [2.05, 4.69) is 25.2 Å². The maximum absolute atomic E-state index is 13.0. The Labute approximate surface area is 145 Å². The standard InChI is InChI=1S/C21H28FNO/c1-3-4-5-8-15-24-21-10-7-6-9-20(21)17(2)23-16-18-11-13-19(22)14-12-18/h6-7,9-14,17,23H,3-5,8,15-16H2,1-2H3. The number of nitrogens with one attached hydrogen (secondary N) is 1. The summed E-state index contributed by atoms with van der Waals surface area (Å²) in [5.74, 6) is 0.752. The van der Waals surface area contributed by atoms with E-state index in [0.29, 0.717) is 6.54 Å². The first-order chi connectivity index (χ1) is 11.7. The molecule has 3 heteroatoms. The van der Waals surface area contributed by atoms with Crippen LogP contribution >= 0.6 is 0 Å². The van der Waals surface area contributed by atoms with E-state index in [1.165, 1.54) is 31.4 Å². The van der Waals surface area contributed by atoms with Crippen LogP contribution in [0.15, 0.2) is 48.5 Å². The van der Waals surface area contributed by atoms with E-state index < -0.39 is 0 Å². The van der Waals surface area contributed by atoms with Gasteiger partial charge >= 0.3 is 0 Å². The van der Waals surface area contributed by atoms with Gasteiger partial charge in [0.2, 0.25) is 0 Å². The van der Waals surface area contributed by atoms with Gasteiger partial charge in [0.25, 0.3) is 0 Å². The van der Waals surface area contributed by atoms with Gasteiger partial charge in [-0.1, -0.05) is 56.5 Å². The second-order valence-electron chi connectivity index (χ2n) is 6.18. The molecule has 1 atom stereocenters. The minimum Gasteiger partial charge on any atom is -0.493 e. The molecule has 0 saturated heterocycles. The van der Waals surface area contributed by atoms with Crippen molar-refractivity contribution in [2.24, 2.45) is 0 Å². The molecule has 0 aliphatic rings. The SMILES string of the molecule is CCCCCCOc1ccccc1C(C)NCc1ccc(F)cc1. The summed E-state index contributed by atoms with van der Waals surface area (Å²) in [6.07, 6.45) is 4.82. The van der Waals surface area contributed by atoms with Gasteiger partial charge in [-0.2, -0.15) is 0 Å². The molecule has 0 aliphatic heterocycles. The molecule has 0 saturated carbocycles. The smallest absolute Gasteiger partial charge is 0.124 e. The molecule has 1 N–H and O–H groups in total. The van der Waals surface area contributed by atoms with Crippen LogP contribution in [0.2, 0.25) is 0 Å². The average Bonchev–Trinajstić information content (AvgIpc) is 2.61. The fraction of sp³-hybridized carbons (Fsp3) is 0.429. The van der Waals surface area contributed by atoms with Gasteiger partial charge in [0.15, 0.2) is 0 Å². The van der Waals surface area contributed by atoms with Crippen LogP contribution in [0.1, 0.15) is 56.7 Å². The Morgan fingerprint density at radius 3 is 2.50 bits per heavy atom. The van der Waals surface area contributed by atoms with Gasteiger partial charge in [-0.25, -0.2) is 4.39 Å². The fourth-order valence-corrected chi connectivity index (χ4v) is 2.66. The Morgan fingerprint density at radius 2 is 1.75 bits per heavy atom. The number of para-hydroxylation sites is 1. The Kier molecular flexibility index (Phi) is 7.76. The Hall–Kier alpha value is -1.87. The van der Waals surface area contributed by atoms with Crippen molar-refractivity contribution in [1.29, 1.82) is 0 Å². The van der Waals surface area contributed by atoms with E-state index >= 15 is 0 Å². The lowest BCUT2D eigenvalue weighted by Gasteiger charge is -2.18. The molecule has 0 spiro atoms. The highest BCUT2D eigenvalue weighted by Gasteiger charge is 2.11. The maximum atomic E-state index is 13.0. The molecule has 0 radical (unpaired) electrons. The summed E-state index contributed by atoms with van der Waals surface area (Å²) < 4.78 is 18.9. The van der Waals surface area contributed by atoms with Crippen molar-refractivity contribution in [3.63, 3.8) is 0 Å². The number of halogens is 1. The molecule has 0 amide bonds. The minimum atomic E-state index is -0.200. The van der Waals surface area contributed by atoms with Crippen molar-refractivity contribution in [3.05, 3.63) is 65.5 Å². The quantitative estimate of drug-likeness (QED) is 0.570. The largest absolute Gasteiger partial charge is 0.493 e. The lowest BCUT2D eigenvalue weighted by Crippen LogP contribution is -2.19. The molecule has 2 aromatic rings. The van der Waals surface area contributed by atoms with Crippen molar-refractivity contribution >= 4 is 0 Å².